The van der Waals surface area contributed by atoms with Crippen molar-refractivity contribution < 1.29 is 22.7 Å². The number of esters is 1. The number of carbonyl (C=O) groups excluding carboxylic acids is 1. The highest BCUT2D eigenvalue weighted by atomic mass is 32.2. The minimum absolute atomic E-state index is 0.195. The molecule has 0 rings (SSSR count). The molecule has 6 heteroatoms. The van der Waals surface area contributed by atoms with Gasteiger partial charge in [-0.3, -0.25) is 4.79 Å². The fourth-order valence-electron chi connectivity index (χ4n) is 0.343. The maximum Gasteiger partial charge on any atom is 0.441 e. The van der Waals surface area contributed by atoms with Crippen molar-refractivity contribution in [1.29, 1.82) is 0 Å². The second-order valence-corrected chi connectivity index (χ2v) is 2.79. The van der Waals surface area contributed by atoms with Gasteiger partial charge in [0.05, 0.1) is 0 Å². The Morgan fingerprint density at radius 3 is 2.45 bits per heavy atom. The first-order chi connectivity index (χ1) is 4.92. The van der Waals surface area contributed by atoms with Crippen LogP contribution in [0.25, 0.3) is 0 Å². The standard InChI is InChI=1S/C5H7F3O2S/c1-4(9)10-2-3-11-5(6,7)8/h2-3H2,1H3. The van der Waals surface area contributed by atoms with Gasteiger partial charge in [-0.1, -0.05) is 0 Å². The van der Waals surface area contributed by atoms with Gasteiger partial charge >= 0.3 is 11.5 Å². The van der Waals surface area contributed by atoms with Crippen molar-refractivity contribution in [2.45, 2.75) is 12.4 Å². The maximum absolute atomic E-state index is 11.4. The lowest BCUT2D eigenvalue weighted by molar-refractivity contribution is -0.140. The van der Waals surface area contributed by atoms with Gasteiger partial charge in [-0.15, -0.1) is 0 Å². The van der Waals surface area contributed by atoms with Crippen molar-refractivity contribution >= 4 is 17.7 Å². The highest BCUT2D eigenvalue weighted by molar-refractivity contribution is 8.00. The molecule has 0 fully saturated rings. The van der Waals surface area contributed by atoms with E-state index in [1.807, 2.05) is 0 Å². The molecule has 0 unspecified atom stereocenters. The summed E-state index contributed by atoms with van der Waals surface area (Å²) in [5.74, 6) is -0.809. The van der Waals surface area contributed by atoms with Gasteiger partial charge < -0.3 is 4.74 Å². The lowest BCUT2D eigenvalue weighted by atomic mass is 10.8. The molecule has 0 atom stereocenters. The molecule has 0 heterocycles. The van der Waals surface area contributed by atoms with E-state index in [2.05, 4.69) is 4.74 Å². The van der Waals surface area contributed by atoms with E-state index in [0.717, 1.165) is 6.92 Å². The molecule has 0 N–H and O–H groups in total. The fourth-order valence-corrected chi connectivity index (χ4v) is 0.741. The van der Waals surface area contributed by atoms with Crippen molar-refractivity contribution in [2.24, 2.45) is 0 Å². The molecule has 0 radical (unpaired) electrons. The van der Waals surface area contributed by atoms with Crippen LogP contribution in [0.5, 0.6) is 0 Å². The van der Waals surface area contributed by atoms with Gasteiger partial charge in [-0.25, -0.2) is 0 Å². The molecule has 2 nitrogen and oxygen atoms in total. The van der Waals surface area contributed by atoms with E-state index in [1.165, 1.54) is 0 Å². The molecule has 0 saturated carbocycles. The van der Waals surface area contributed by atoms with Crippen LogP contribution < -0.4 is 0 Å². The third-order valence-electron chi connectivity index (χ3n) is 0.654. The van der Waals surface area contributed by atoms with Crippen molar-refractivity contribution in [1.82, 2.24) is 0 Å². The van der Waals surface area contributed by atoms with Gasteiger partial charge in [0.1, 0.15) is 6.61 Å². The Labute approximate surface area is 66.1 Å². The van der Waals surface area contributed by atoms with Crippen molar-refractivity contribution in [3.63, 3.8) is 0 Å². The Hall–Kier alpha value is -0.390. The number of alkyl halides is 3. The predicted octanol–water partition coefficient (Wildman–Crippen LogP) is 1.80. The molecule has 0 spiro atoms. The molecule has 0 amide bonds. The molecule has 0 aromatic carbocycles. The summed E-state index contributed by atoms with van der Waals surface area (Å²) >= 11 is -0.202. The smallest absolute Gasteiger partial charge is 0.441 e. The Balaban J connectivity index is 3.22. The molecular weight excluding hydrogens is 181 g/mol. The minimum atomic E-state index is -4.24. The fraction of sp³-hybridized carbons (Fsp3) is 0.800. The number of hydrogen-bond acceptors (Lipinski definition) is 3. The lowest BCUT2D eigenvalue weighted by Crippen LogP contribution is -2.07. The van der Waals surface area contributed by atoms with Crippen LogP contribution in [0.4, 0.5) is 13.2 Å². The van der Waals surface area contributed by atoms with E-state index in [9.17, 15) is 18.0 Å². The first-order valence-electron chi connectivity index (χ1n) is 2.76. The van der Waals surface area contributed by atoms with Gasteiger partial charge in [0.15, 0.2) is 0 Å². The number of carbonyl (C=O) groups is 1. The molecule has 0 aromatic heterocycles. The third-order valence-corrected chi connectivity index (χ3v) is 1.35. The number of hydrogen-bond donors (Lipinski definition) is 0. The van der Waals surface area contributed by atoms with Crippen molar-refractivity contribution in [3.8, 4) is 0 Å². The zero-order chi connectivity index (χ0) is 8.91. The largest absolute Gasteiger partial charge is 0.465 e. The van der Waals surface area contributed by atoms with Gasteiger partial charge in [0.25, 0.3) is 0 Å². The lowest BCUT2D eigenvalue weighted by Gasteiger charge is -2.04. The van der Waals surface area contributed by atoms with Gasteiger partial charge in [0.2, 0.25) is 0 Å². The van der Waals surface area contributed by atoms with E-state index in [0.29, 0.717) is 0 Å². The monoisotopic (exact) mass is 188 g/mol. The SMILES string of the molecule is CC(=O)OCCSC(F)(F)F. The van der Waals surface area contributed by atoms with Crippen molar-refractivity contribution in [2.75, 3.05) is 12.4 Å². The number of rotatable bonds is 3. The van der Waals surface area contributed by atoms with E-state index in [4.69, 9.17) is 0 Å². The van der Waals surface area contributed by atoms with Gasteiger partial charge in [-0.2, -0.15) is 13.2 Å². The number of thioether (sulfide) groups is 1. The Kier molecular flexibility index (Phi) is 4.32. The third kappa shape index (κ3) is 9.61. The van der Waals surface area contributed by atoms with E-state index >= 15 is 0 Å². The van der Waals surface area contributed by atoms with E-state index in [1.54, 1.807) is 0 Å². The molecule has 0 bridgehead atoms. The van der Waals surface area contributed by atoms with Gasteiger partial charge in [0, 0.05) is 12.7 Å². The molecule has 0 aliphatic carbocycles. The predicted molar refractivity (Wildman–Crippen MR) is 35.1 cm³/mol. The highest BCUT2D eigenvalue weighted by Crippen LogP contribution is 2.29. The van der Waals surface area contributed by atoms with E-state index in [-0.39, 0.29) is 24.1 Å². The van der Waals surface area contributed by atoms with Crippen LogP contribution in [0.3, 0.4) is 0 Å². The minimum Gasteiger partial charge on any atom is -0.465 e. The zero-order valence-electron chi connectivity index (χ0n) is 5.77. The highest BCUT2D eigenvalue weighted by Gasteiger charge is 2.27. The van der Waals surface area contributed by atoms with Crippen LogP contribution in [-0.2, 0) is 9.53 Å². The molecule has 11 heavy (non-hydrogen) atoms. The molecule has 0 aliphatic rings. The Morgan fingerprint density at radius 1 is 1.55 bits per heavy atom. The summed E-state index contributed by atoms with van der Waals surface area (Å²) < 4.78 is 38.5. The van der Waals surface area contributed by atoms with Crippen LogP contribution in [0.1, 0.15) is 6.92 Å². The van der Waals surface area contributed by atoms with E-state index < -0.39 is 11.5 Å². The van der Waals surface area contributed by atoms with Crippen LogP contribution >= 0.6 is 11.8 Å². The van der Waals surface area contributed by atoms with Crippen LogP contribution in [-0.4, -0.2) is 23.8 Å². The molecule has 0 saturated heterocycles. The molecular formula is C5H7F3O2S. The summed E-state index contributed by atoms with van der Waals surface area (Å²) in [6, 6.07) is 0. The average Bonchev–Trinajstić information content (AvgIpc) is 1.78. The average molecular weight is 188 g/mol. The molecule has 0 aromatic rings. The van der Waals surface area contributed by atoms with Crippen molar-refractivity contribution in [3.05, 3.63) is 0 Å². The summed E-state index contributed by atoms with van der Waals surface area (Å²) in [4.78, 5) is 10.1. The second kappa shape index (κ2) is 4.48. The Morgan fingerprint density at radius 2 is 2.09 bits per heavy atom. The molecule has 0 aliphatic heterocycles. The quantitative estimate of drug-likeness (QED) is 0.499. The summed E-state index contributed by atoms with van der Waals surface area (Å²) in [6.07, 6.45) is 0. The maximum atomic E-state index is 11.4. The summed E-state index contributed by atoms with van der Waals surface area (Å²) in [5.41, 5.74) is -4.24. The van der Waals surface area contributed by atoms with Gasteiger partial charge in [-0.05, 0) is 11.8 Å². The normalized spacial score (nSPS) is 11.3. The summed E-state index contributed by atoms with van der Waals surface area (Å²) in [5, 5.41) is 0. The topological polar surface area (TPSA) is 26.3 Å². The van der Waals surface area contributed by atoms with Crippen LogP contribution in [0.2, 0.25) is 0 Å². The zero-order valence-corrected chi connectivity index (χ0v) is 6.59. The second-order valence-electron chi connectivity index (χ2n) is 1.63. The molecule has 66 valence electrons. The van der Waals surface area contributed by atoms with Crippen LogP contribution in [0.15, 0.2) is 0 Å². The Bertz CT molecular complexity index is 134. The summed E-state index contributed by atoms with van der Waals surface area (Å²) in [6.45, 7) is 0.956. The first kappa shape index (κ1) is 10.6. The summed E-state index contributed by atoms with van der Waals surface area (Å²) in [7, 11) is 0. The number of ether oxygens (including phenoxy) is 1. The number of halogens is 3. The van der Waals surface area contributed by atoms with Crippen LogP contribution in [0, 0.1) is 0 Å². The first-order valence-corrected chi connectivity index (χ1v) is 3.74.